The Morgan fingerprint density at radius 3 is 3.00 bits per heavy atom. The maximum atomic E-state index is 12.4. The summed E-state index contributed by atoms with van der Waals surface area (Å²) in [6.07, 6.45) is 7.55. The van der Waals surface area contributed by atoms with Crippen LogP contribution >= 0.6 is 11.3 Å². The Labute approximate surface area is 155 Å². The van der Waals surface area contributed by atoms with Crippen molar-refractivity contribution in [2.24, 2.45) is 5.92 Å². The summed E-state index contributed by atoms with van der Waals surface area (Å²) in [6.45, 7) is 2.30. The summed E-state index contributed by atoms with van der Waals surface area (Å²) in [4.78, 5) is 18.4. The number of carbonyl (C=O) groups excluding carboxylic acids is 1. The Hall–Kier alpha value is -2.74. The molecule has 8 heteroatoms. The van der Waals surface area contributed by atoms with E-state index in [1.165, 1.54) is 0 Å². The summed E-state index contributed by atoms with van der Waals surface area (Å²) in [6, 6.07) is 5.74. The molecule has 3 aromatic rings. The van der Waals surface area contributed by atoms with Gasteiger partial charge in [0.05, 0.1) is 11.9 Å². The van der Waals surface area contributed by atoms with Crippen LogP contribution in [0.3, 0.4) is 0 Å². The summed E-state index contributed by atoms with van der Waals surface area (Å²) in [5.41, 5.74) is 2.71. The number of aromatic nitrogens is 4. The average molecular weight is 368 g/mol. The molecule has 0 unspecified atom stereocenters. The first-order valence-corrected chi connectivity index (χ1v) is 9.61. The number of urea groups is 1. The van der Waals surface area contributed by atoms with Crippen molar-refractivity contribution in [2.45, 2.75) is 19.4 Å². The molecule has 134 valence electrons. The van der Waals surface area contributed by atoms with Gasteiger partial charge in [-0.1, -0.05) is 5.21 Å². The summed E-state index contributed by atoms with van der Waals surface area (Å²) >= 11 is 1.58. The highest BCUT2D eigenvalue weighted by Gasteiger charge is 2.24. The van der Waals surface area contributed by atoms with Crippen molar-refractivity contribution in [3.63, 3.8) is 0 Å². The third-order valence-electron chi connectivity index (χ3n) is 4.54. The molecule has 1 atom stereocenters. The van der Waals surface area contributed by atoms with E-state index in [0.717, 1.165) is 49.4 Å². The van der Waals surface area contributed by atoms with Crippen molar-refractivity contribution in [2.75, 3.05) is 18.4 Å². The van der Waals surface area contributed by atoms with Crippen LogP contribution in [0.1, 0.15) is 12.8 Å². The van der Waals surface area contributed by atoms with Gasteiger partial charge in [0.15, 0.2) is 0 Å². The second-order valence-corrected chi connectivity index (χ2v) is 7.24. The molecule has 0 radical (unpaired) electrons. The molecule has 3 aromatic heterocycles. The molecule has 26 heavy (non-hydrogen) atoms. The molecular formula is C18H20N6OS. The zero-order valence-corrected chi connectivity index (χ0v) is 15.1. The zero-order chi connectivity index (χ0) is 17.8. The maximum Gasteiger partial charge on any atom is 0.321 e. The molecule has 7 nitrogen and oxygen atoms in total. The summed E-state index contributed by atoms with van der Waals surface area (Å²) in [5, 5.41) is 15.4. The number of anilines is 1. The normalized spacial score (nSPS) is 17.2. The van der Waals surface area contributed by atoms with Gasteiger partial charge in [0.1, 0.15) is 5.69 Å². The van der Waals surface area contributed by atoms with Crippen molar-refractivity contribution in [3.05, 3.63) is 47.5 Å². The molecule has 0 bridgehead atoms. The predicted molar refractivity (Wildman–Crippen MR) is 101 cm³/mol. The van der Waals surface area contributed by atoms with Crippen LogP contribution in [0, 0.1) is 5.92 Å². The number of nitrogens with one attached hydrogen (secondary N) is 1. The molecule has 4 rings (SSSR count). The number of amides is 2. The minimum atomic E-state index is -0.0239. The van der Waals surface area contributed by atoms with Gasteiger partial charge in [0.25, 0.3) is 0 Å². The molecule has 4 heterocycles. The van der Waals surface area contributed by atoms with Crippen molar-refractivity contribution in [3.8, 4) is 11.3 Å². The van der Waals surface area contributed by atoms with Crippen molar-refractivity contribution in [1.82, 2.24) is 24.9 Å². The van der Waals surface area contributed by atoms with E-state index >= 15 is 0 Å². The third-order valence-corrected chi connectivity index (χ3v) is 5.22. The smallest absolute Gasteiger partial charge is 0.321 e. The van der Waals surface area contributed by atoms with E-state index in [2.05, 4.69) is 20.6 Å². The van der Waals surface area contributed by atoms with Gasteiger partial charge in [-0.2, -0.15) is 11.3 Å². The molecule has 1 N–H and O–H groups in total. The maximum absolute atomic E-state index is 12.4. The predicted octanol–water partition coefficient (Wildman–Crippen LogP) is 3.35. The van der Waals surface area contributed by atoms with E-state index in [1.54, 1.807) is 23.7 Å². The molecular weight excluding hydrogens is 348 g/mol. The molecule has 1 aliphatic rings. The number of likely N-dealkylation sites (tertiary alicyclic amines) is 1. The molecule has 1 aliphatic heterocycles. The third kappa shape index (κ3) is 3.91. The monoisotopic (exact) mass is 368 g/mol. The van der Waals surface area contributed by atoms with E-state index in [-0.39, 0.29) is 6.03 Å². The Morgan fingerprint density at radius 2 is 2.19 bits per heavy atom. The van der Waals surface area contributed by atoms with Gasteiger partial charge in [0, 0.05) is 43.0 Å². The molecule has 0 aromatic carbocycles. The quantitative estimate of drug-likeness (QED) is 0.766. The Kier molecular flexibility index (Phi) is 4.92. The van der Waals surface area contributed by atoms with Gasteiger partial charge in [-0.15, -0.1) is 5.10 Å². The number of nitrogens with zero attached hydrogens (tertiary/aromatic N) is 5. The topological polar surface area (TPSA) is 75.9 Å². The summed E-state index contributed by atoms with van der Waals surface area (Å²) in [5.74, 6) is 0.379. The van der Waals surface area contributed by atoms with E-state index in [4.69, 9.17) is 0 Å². The van der Waals surface area contributed by atoms with Crippen LogP contribution in [0.5, 0.6) is 0 Å². The molecule has 0 saturated carbocycles. The number of pyridine rings is 1. The van der Waals surface area contributed by atoms with Gasteiger partial charge in [-0.05, 0) is 42.3 Å². The van der Waals surface area contributed by atoms with Crippen LogP contribution < -0.4 is 5.32 Å². The minimum Gasteiger partial charge on any atom is -0.324 e. The number of rotatable bonds is 4. The highest BCUT2D eigenvalue weighted by Crippen LogP contribution is 2.21. The van der Waals surface area contributed by atoms with E-state index in [1.807, 2.05) is 44.7 Å². The largest absolute Gasteiger partial charge is 0.324 e. The first-order chi connectivity index (χ1) is 12.8. The lowest BCUT2D eigenvalue weighted by Crippen LogP contribution is -2.43. The summed E-state index contributed by atoms with van der Waals surface area (Å²) < 4.78 is 1.88. The number of carbonyl (C=O) groups is 1. The zero-order valence-electron chi connectivity index (χ0n) is 14.3. The van der Waals surface area contributed by atoms with E-state index in [9.17, 15) is 4.79 Å². The number of hydrogen-bond donors (Lipinski definition) is 1. The van der Waals surface area contributed by atoms with Crippen LogP contribution in [0.2, 0.25) is 0 Å². The van der Waals surface area contributed by atoms with Gasteiger partial charge in [0.2, 0.25) is 0 Å². The highest BCUT2D eigenvalue weighted by atomic mass is 32.1. The number of hydrogen-bond acceptors (Lipinski definition) is 5. The summed E-state index contributed by atoms with van der Waals surface area (Å²) in [7, 11) is 0. The molecule has 1 fully saturated rings. The molecule has 2 amide bonds. The van der Waals surface area contributed by atoms with Gasteiger partial charge >= 0.3 is 6.03 Å². The Bertz CT molecular complexity index is 848. The average Bonchev–Trinajstić information content (AvgIpc) is 3.35. The lowest BCUT2D eigenvalue weighted by Gasteiger charge is -2.32. The number of piperidine rings is 1. The highest BCUT2D eigenvalue weighted by molar-refractivity contribution is 7.08. The molecule has 1 saturated heterocycles. The standard InChI is InChI=1S/C18H20N6OS/c25-18(20-16-5-9-26-13-16)23-8-1-2-14(10-23)11-24-12-17(21-22-24)15-3-6-19-7-4-15/h3-7,9,12-14H,1-2,8,10-11H2,(H,20,25)/t14-/m0/s1. The van der Waals surface area contributed by atoms with Crippen molar-refractivity contribution >= 4 is 23.1 Å². The Balaban J connectivity index is 1.36. The van der Waals surface area contributed by atoms with Gasteiger partial charge in [-0.25, -0.2) is 4.79 Å². The van der Waals surface area contributed by atoms with E-state index in [0.29, 0.717) is 5.92 Å². The minimum absolute atomic E-state index is 0.0239. The Morgan fingerprint density at radius 1 is 1.31 bits per heavy atom. The van der Waals surface area contributed by atoms with Crippen LogP contribution in [0.4, 0.5) is 10.5 Å². The van der Waals surface area contributed by atoms with Crippen LogP contribution in [-0.4, -0.2) is 44.0 Å². The molecule has 0 spiro atoms. The first kappa shape index (κ1) is 16.7. The van der Waals surface area contributed by atoms with Crippen LogP contribution in [0.25, 0.3) is 11.3 Å². The fourth-order valence-electron chi connectivity index (χ4n) is 3.24. The van der Waals surface area contributed by atoms with Crippen LogP contribution in [-0.2, 0) is 6.54 Å². The van der Waals surface area contributed by atoms with Gasteiger partial charge < -0.3 is 10.2 Å². The SMILES string of the molecule is O=C(Nc1ccsc1)N1CCC[C@H](Cn2cc(-c3ccncc3)nn2)C1. The van der Waals surface area contributed by atoms with Crippen molar-refractivity contribution < 1.29 is 4.79 Å². The second kappa shape index (κ2) is 7.65. The first-order valence-electron chi connectivity index (χ1n) is 8.66. The fourth-order valence-corrected chi connectivity index (χ4v) is 3.83. The lowest BCUT2D eigenvalue weighted by molar-refractivity contribution is 0.168. The van der Waals surface area contributed by atoms with Gasteiger partial charge in [-0.3, -0.25) is 9.67 Å². The number of thiophene rings is 1. The van der Waals surface area contributed by atoms with Crippen molar-refractivity contribution in [1.29, 1.82) is 0 Å². The fraction of sp³-hybridized carbons (Fsp3) is 0.333. The molecule has 0 aliphatic carbocycles. The second-order valence-electron chi connectivity index (χ2n) is 6.46. The van der Waals surface area contributed by atoms with E-state index < -0.39 is 0 Å². The van der Waals surface area contributed by atoms with Crippen LogP contribution in [0.15, 0.2) is 47.5 Å². The lowest BCUT2D eigenvalue weighted by atomic mass is 9.98.